The van der Waals surface area contributed by atoms with Crippen LogP contribution in [-0.4, -0.2) is 55.9 Å². The van der Waals surface area contributed by atoms with Crippen LogP contribution in [0, 0.1) is 0 Å². The zero-order valence-corrected chi connectivity index (χ0v) is 17.6. The second-order valence-electron chi connectivity index (χ2n) is 6.34. The number of hydrogen-bond donors (Lipinski definition) is 2. The van der Waals surface area contributed by atoms with E-state index in [1.807, 2.05) is 0 Å². The SMILES string of the molecule is O=S(=O)(O)c1c(C=Cc2ccc(-n3nccn3)cc2)ccc(-n2nccn2)c1S(=O)(=O)O. The smallest absolute Gasteiger partial charge is 0.282 e. The fraction of sp³-hybridized carbons (Fsp3) is 0. The highest BCUT2D eigenvalue weighted by atomic mass is 32.2. The molecule has 4 rings (SSSR count). The summed E-state index contributed by atoms with van der Waals surface area (Å²) in [5, 5.41) is 15.5. The minimum absolute atomic E-state index is 0.172. The van der Waals surface area contributed by atoms with Crippen molar-refractivity contribution < 1.29 is 25.9 Å². The lowest BCUT2D eigenvalue weighted by molar-refractivity contribution is 0.465. The molecule has 0 atom stereocenters. The van der Waals surface area contributed by atoms with Gasteiger partial charge in [-0.25, -0.2) is 0 Å². The first kappa shape index (κ1) is 21.5. The van der Waals surface area contributed by atoms with Gasteiger partial charge in [0, 0.05) is 0 Å². The molecular weight excluding hydrogens is 460 g/mol. The van der Waals surface area contributed by atoms with Crippen LogP contribution in [-0.2, 0) is 20.2 Å². The van der Waals surface area contributed by atoms with Gasteiger partial charge in [-0.15, -0.1) is 0 Å². The third kappa shape index (κ3) is 4.33. The van der Waals surface area contributed by atoms with Crippen molar-refractivity contribution in [2.45, 2.75) is 9.79 Å². The molecule has 2 aromatic carbocycles. The molecule has 0 fully saturated rings. The zero-order chi connectivity index (χ0) is 22.9. The van der Waals surface area contributed by atoms with Gasteiger partial charge in [0.1, 0.15) is 15.5 Å². The standard InChI is InChI=1S/C18H14N6O6S2/c25-31(26,27)17-14(4-1-13-2-6-15(7-3-13)23-19-9-10-20-23)5-8-16(18(17)32(28,29)30)24-21-11-12-22-24/h1-12H,(H,25,26,27)(H,28,29,30). The lowest BCUT2D eigenvalue weighted by Crippen LogP contribution is -2.15. The maximum atomic E-state index is 12.1. The van der Waals surface area contributed by atoms with E-state index in [0.29, 0.717) is 11.3 Å². The average Bonchev–Trinajstić information content (AvgIpc) is 3.45. The number of benzene rings is 2. The fourth-order valence-electron chi connectivity index (χ4n) is 2.97. The van der Waals surface area contributed by atoms with E-state index in [1.165, 1.54) is 53.9 Å². The number of hydrogen-bond acceptors (Lipinski definition) is 8. The lowest BCUT2D eigenvalue weighted by atomic mass is 10.1. The van der Waals surface area contributed by atoms with E-state index >= 15 is 0 Å². The van der Waals surface area contributed by atoms with Gasteiger partial charge in [-0.3, -0.25) is 9.11 Å². The van der Waals surface area contributed by atoms with Crippen LogP contribution in [0.25, 0.3) is 23.5 Å². The molecule has 164 valence electrons. The van der Waals surface area contributed by atoms with Gasteiger partial charge in [0.2, 0.25) is 0 Å². The van der Waals surface area contributed by atoms with Gasteiger partial charge in [-0.1, -0.05) is 30.4 Å². The number of nitrogens with zero attached hydrogens (tertiary/aromatic N) is 6. The molecule has 32 heavy (non-hydrogen) atoms. The third-order valence-electron chi connectivity index (χ3n) is 4.27. The second-order valence-corrected chi connectivity index (χ2v) is 9.06. The Balaban J connectivity index is 1.82. The maximum Gasteiger partial charge on any atom is 0.298 e. The molecule has 0 spiro atoms. The van der Waals surface area contributed by atoms with Crippen LogP contribution in [0.5, 0.6) is 0 Å². The molecule has 2 heterocycles. The number of aromatic nitrogens is 6. The quantitative estimate of drug-likeness (QED) is 0.308. The molecule has 0 bridgehead atoms. The minimum Gasteiger partial charge on any atom is -0.282 e. The van der Waals surface area contributed by atoms with E-state index in [2.05, 4.69) is 20.4 Å². The van der Waals surface area contributed by atoms with Crippen molar-refractivity contribution >= 4 is 32.4 Å². The Labute approximate surface area is 181 Å². The van der Waals surface area contributed by atoms with Crippen LogP contribution >= 0.6 is 0 Å². The summed E-state index contributed by atoms with van der Waals surface area (Å²) >= 11 is 0. The Hall–Kier alpha value is -3.72. The summed E-state index contributed by atoms with van der Waals surface area (Å²) in [6, 6.07) is 9.32. The molecule has 0 saturated carbocycles. The normalized spacial score (nSPS) is 12.4. The highest BCUT2D eigenvalue weighted by Gasteiger charge is 2.31. The molecule has 4 aromatic rings. The van der Waals surface area contributed by atoms with E-state index in [-0.39, 0.29) is 11.3 Å². The molecule has 2 aromatic heterocycles. The van der Waals surface area contributed by atoms with Gasteiger partial charge in [0.25, 0.3) is 20.2 Å². The highest BCUT2D eigenvalue weighted by Crippen LogP contribution is 2.31. The van der Waals surface area contributed by atoms with Crippen LogP contribution in [0.15, 0.2) is 71.0 Å². The Morgan fingerprint density at radius 3 is 1.72 bits per heavy atom. The van der Waals surface area contributed by atoms with Crippen molar-refractivity contribution in [2.24, 2.45) is 0 Å². The predicted molar refractivity (Wildman–Crippen MR) is 111 cm³/mol. The van der Waals surface area contributed by atoms with E-state index in [9.17, 15) is 25.9 Å². The predicted octanol–water partition coefficient (Wildman–Crippen LogP) is 1.51. The summed E-state index contributed by atoms with van der Waals surface area (Å²) < 4.78 is 67.9. The van der Waals surface area contributed by atoms with Crippen LogP contribution in [0.4, 0.5) is 0 Å². The Morgan fingerprint density at radius 1 is 0.656 bits per heavy atom. The van der Waals surface area contributed by atoms with Crippen LogP contribution in [0.1, 0.15) is 11.1 Å². The summed E-state index contributed by atoms with van der Waals surface area (Å²) in [6.45, 7) is 0. The molecule has 0 radical (unpaired) electrons. The largest absolute Gasteiger partial charge is 0.298 e. The number of rotatable bonds is 6. The molecule has 0 saturated heterocycles. The first-order chi connectivity index (χ1) is 15.1. The molecule has 0 unspecified atom stereocenters. The molecular formula is C18H14N6O6S2. The first-order valence-electron chi connectivity index (χ1n) is 8.78. The first-order valence-corrected chi connectivity index (χ1v) is 11.7. The maximum absolute atomic E-state index is 12.1. The topological polar surface area (TPSA) is 170 Å². The molecule has 0 aliphatic heterocycles. The van der Waals surface area contributed by atoms with E-state index in [0.717, 1.165) is 4.80 Å². The zero-order valence-electron chi connectivity index (χ0n) is 16.0. The molecule has 12 nitrogen and oxygen atoms in total. The van der Waals surface area contributed by atoms with Gasteiger partial charge in [0.05, 0.1) is 30.5 Å². The molecule has 14 heteroatoms. The van der Waals surface area contributed by atoms with Crippen molar-refractivity contribution in [1.82, 2.24) is 30.0 Å². The van der Waals surface area contributed by atoms with Crippen molar-refractivity contribution in [3.63, 3.8) is 0 Å². The van der Waals surface area contributed by atoms with Crippen molar-refractivity contribution in [2.75, 3.05) is 0 Å². The van der Waals surface area contributed by atoms with Gasteiger partial charge < -0.3 is 0 Å². The van der Waals surface area contributed by atoms with Gasteiger partial charge in [-0.05, 0) is 29.3 Å². The average molecular weight is 474 g/mol. The van der Waals surface area contributed by atoms with Gasteiger partial charge >= 0.3 is 0 Å². The summed E-state index contributed by atoms with van der Waals surface area (Å²) in [7, 11) is -10.2. The van der Waals surface area contributed by atoms with Crippen molar-refractivity contribution in [3.8, 4) is 11.4 Å². The van der Waals surface area contributed by atoms with Crippen LogP contribution in [0.2, 0.25) is 0 Å². The van der Waals surface area contributed by atoms with Gasteiger partial charge in [-0.2, -0.15) is 46.8 Å². The van der Waals surface area contributed by atoms with Crippen LogP contribution < -0.4 is 0 Å². The highest BCUT2D eigenvalue weighted by molar-refractivity contribution is 7.89. The minimum atomic E-state index is -5.10. The molecule has 2 N–H and O–H groups in total. The molecule has 0 aliphatic carbocycles. The van der Waals surface area contributed by atoms with E-state index in [4.69, 9.17) is 0 Å². The fourth-order valence-corrected chi connectivity index (χ4v) is 5.14. The summed E-state index contributed by atoms with van der Waals surface area (Å²) in [5.74, 6) is 0. The Morgan fingerprint density at radius 2 is 1.19 bits per heavy atom. The summed E-state index contributed by atoms with van der Waals surface area (Å²) in [4.78, 5) is 0.180. The lowest BCUT2D eigenvalue weighted by Gasteiger charge is -2.12. The van der Waals surface area contributed by atoms with Crippen LogP contribution in [0.3, 0.4) is 0 Å². The summed E-state index contributed by atoms with van der Waals surface area (Å²) in [6.07, 6.45) is 8.32. The van der Waals surface area contributed by atoms with E-state index in [1.54, 1.807) is 24.3 Å². The Kier molecular flexibility index (Phi) is 5.43. The van der Waals surface area contributed by atoms with Crippen molar-refractivity contribution in [1.29, 1.82) is 0 Å². The monoisotopic (exact) mass is 474 g/mol. The van der Waals surface area contributed by atoms with Crippen molar-refractivity contribution in [3.05, 3.63) is 72.3 Å². The Bertz CT molecular complexity index is 1490. The molecule has 0 amide bonds. The van der Waals surface area contributed by atoms with E-state index < -0.39 is 30.0 Å². The molecule has 0 aliphatic rings. The third-order valence-corrected chi connectivity index (χ3v) is 6.28. The van der Waals surface area contributed by atoms with Gasteiger partial charge in [0.15, 0.2) is 0 Å². The second kappa shape index (κ2) is 8.08. The summed E-state index contributed by atoms with van der Waals surface area (Å²) in [5.41, 5.74) is 0.802.